The molecule has 128 valence electrons. The van der Waals surface area contributed by atoms with Gasteiger partial charge in [-0.3, -0.25) is 9.59 Å². The van der Waals surface area contributed by atoms with E-state index in [1.165, 1.54) is 0 Å². The largest absolute Gasteiger partial charge is 0.493 e. The van der Waals surface area contributed by atoms with Gasteiger partial charge in [0.1, 0.15) is 17.3 Å². The molecular weight excluding hydrogens is 308 g/mol. The average Bonchev–Trinajstić information content (AvgIpc) is 2.80. The first kappa shape index (κ1) is 16.6. The molecule has 0 radical (unpaired) electrons. The average molecular weight is 330 g/mol. The van der Waals surface area contributed by atoms with Crippen LogP contribution in [0.2, 0.25) is 0 Å². The SMILES string of the molecule is CC(CCOc1ccc2c(c1)OC(=O)CC2)C1=CC(=O)C(C)(C)O1. The lowest BCUT2D eigenvalue weighted by Crippen LogP contribution is -2.28. The summed E-state index contributed by atoms with van der Waals surface area (Å²) in [6.07, 6.45) is 3.45. The third-order valence-electron chi connectivity index (χ3n) is 4.41. The molecular formula is C19H22O5. The van der Waals surface area contributed by atoms with Crippen LogP contribution in [0.4, 0.5) is 0 Å². The van der Waals surface area contributed by atoms with Crippen LogP contribution >= 0.6 is 0 Å². The number of allylic oxidation sites excluding steroid dienone is 1. The minimum absolute atomic E-state index is 0.00164. The molecule has 1 aromatic rings. The van der Waals surface area contributed by atoms with E-state index in [0.29, 0.717) is 36.7 Å². The molecule has 5 heteroatoms. The Morgan fingerprint density at radius 2 is 2.04 bits per heavy atom. The van der Waals surface area contributed by atoms with E-state index in [2.05, 4.69) is 0 Å². The molecule has 1 unspecified atom stereocenters. The molecule has 1 aromatic carbocycles. The van der Waals surface area contributed by atoms with Crippen molar-refractivity contribution in [1.82, 2.24) is 0 Å². The lowest BCUT2D eigenvalue weighted by Gasteiger charge is -2.21. The smallest absolute Gasteiger partial charge is 0.311 e. The standard InChI is InChI=1S/C19H22O5/c1-12(15-11-17(20)19(2,3)24-15)8-9-22-14-6-4-13-5-7-18(21)23-16(13)10-14/h4,6,10-12H,5,7-9H2,1-3H3. The van der Waals surface area contributed by atoms with Gasteiger partial charge in [-0.1, -0.05) is 13.0 Å². The van der Waals surface area contributed by atoms with Crippen LogP contribution in [0.3, 0.4) is 0 Å². The number of carbonyl (C=O) groups is 2. The van der Waals surface area contributed by atoms with Crippen LogP contribution in [-0.2, 0) is 20.7 Å². The lowest BCUT2D eigenvalue weighted by atomic mass is 10.0. The van der Waals surface area contributed by atoms with Crippen LogP contribution in [0, 0.1) is 5.92 Å². The van der Waals surface area contributed by atoms with Crippen molar-refractivity contribution in [3.05, 3.63) is 35.6 Å². The van der Waals surface area contributed by atoms with Gasteiger partial charge in [-0.05, 0) is 38.3 Å². The molecule has 0 saturated heterocycles. The Bertz CT molecular complexity index is 702. The molecule has 0 fully saturated rings. The van der Waals surface area contributed by atoms with Crippen LogP contribution in [-0.4, -0.2) is 24.0 Å². The summed E-state index contributed by atoms with van der Waals surface area (Å²) in [6.45, 7) is 6.05. The van der Waals surface area contributed by atoms with Gasteiger partial charge in [-0.25, -0.2) is 0 Å². The summed E-state index contributed by atoms with van der Waals surface area (Å²) in [4.78, 5) is 23.2. The van der Waals surface area contributed by atoms with E-state index in [9.17, 15) is 9.59 Å². The number of benzene rings is 1. The van der Waals surface area contributed by atoms with E-state index < -0.39 is 5.60 Å². The van der Waals surface area contributed by atoms with E-state index in [1.54, 1.807) is 26.0 Å². The van der Waals surface area contributed by atoms with Crippen molar-refractivity contribution in [2.75, 3.05) is 6.61 Å². The minimum atomic E-state index is -0.757. The van der Waals surface area contributed by atoms with Crippen molar-refractivity contribution in [1.29, 1.82) is 0 Å². The highest BCUT2D eigenvalue weighted by atomic mass is 16.5. The fourth-order valence-electron chi connectivity index (χ4n) is 2.75. The third kappa shape index (κ3) is 3.45. The Morgan fingerprint density at radius 3 is 2.75 bits per heavy atom. The molecule has 0 bridgehead atoms. The Kier molecular flexibility index (Phi) is 4.35. The summed E-state index contributed by atoms with van der Waals surface area (Å²) in [7, 11) is 0. The van der Waals surface area contributed by atoms with Crippen LogP contribution in [0.15, 0.2) is 30.0 Å². The molecule has 0 N–H and O–H groups in total. The van der Waals surface area contributed by atoms with Gasteiger partial charge in [0.15, 0.2) is 5.60 Å². The van der Waals surface area contributed by atoms with Crippen molar-refractivity contribution >= 4 is 11.8 Å². The Morgan fingerprint density at radius 1 is 1.25 bits per heavy atom. The fourth-order valence-corrected chi connectivity index (χ4v) is 2.75. The maximum Gasteiger partial charge on any atom is 0.311 e. The van der Waals surface area contributed by atoms with Gasteiger partial charge < -0.3 is 14.2 Å². The molecule has 2 aliphatic rings. The first-order valence-corrected chi connectivity index (χ1v) is 8.26. The molecule has 3 rings (SSSR count). The third-order valence-corrected chi connectivity index (χ3v) is 4.41. The van der Waals surface area contributed by atoms with Gasteiger partial charge in [-0.2, -0.15) is 0 Å². The van der Waals surface area contributed by atoms with Crippen molar-refractivity contribution in [3.8, 4) is 11.5 Å². The zero-order valence-electron chi connectivity index (χ0n) is 14.3. The highest BCUT2D eigenvalue weighted by molar-refractivity contribution is 5.98. The number of fused-ring (bicyclic) bond motifs is 1. The Hall–Kier alpha value is -2.30. The first-order valence-electron chi connectivity index (χ1n) is 8.26. The molecule has 0 saturated carbocycles. The van der Waals surface area contributed by atoms with E-state index in [-0.39, 0.29) is 17.7 Å². The maximum absolute atomic E-state index is 11.8. The monoisotopic (exact) mass is 330 g/mol. The predicted molar refractivity (Wildman–Crippen MR) is 87.9 cm³/mol. The molecule has 0 aliphatic carbocycles. The van der Waals surface area contributed by atoms with E-state index in [0.717, 1.165) is 12.0 Å². The first-order chi connectivity index (χ1) is 11.3. The van der Waals surface area contributed by atoms with Gasteiger partial charge in [-0.15, -0.1) is 0 Å². The fraction of sp³-hybridized carbons (Fsp3) is 0.474. The summed E-state index contributed by atoms with van der Waals surface area (Å²) >= 11 is 0. The predicted octanol–water partition coefficient (Wildman–Crippen LogP) is 3.21. The van der Waals surface area contributed by atoms with Gasteiger partial charge in [0.25, 0.3) is 0 Å². The number of aryl methyl sites for hydroxylation is 1. The number of hydrogen-bond donors (Lipinski definition) is 0. The Balaban J connectivity index is 1.54. The summed E-state index contributed by atoms with van der Waals surface area (Å²) in [5, 5.41) is 0. The van der Waals surface area contributed by atoms with Crippen LogP contribution in [0.5, 0.6) is 11.5 Å². The molecule has 0 amide bonds. The maximum atomic E-state index is 11.8. The number of ether oxygens (including phenoxy) is 3. The van der Waals surface area contributed by atoms with Crippen molar-refractivity contribution in [3.63, 3.8) is 0 Å². The Labute approximate surface area is 141 Å². The van der Waals surface area contributed by atoms with Crippen molar-refractivity contribution < 1.29 is 23.8 Å². The molecule has 1 atom stereocenters. The molecule has 5 nitrogen and oxygen atoms in total. The topological polar surface area (TPSA) is 61.8 Å². The van der Waals surface area contributed by atoms with Gasteiger partial charge in [0.2, 0.25) is 5.78 Å². The summed E-state index contributed by atoms with van der Waals surface area (Å²) < 4.78 is 16.7. The van der Waals surface area contributed by atoms with Crippen molar-refractivity contribution in [2.45, 2.75) is 45.6 Å². The zero-order chi connectivity index (χ0) is 17.3. The van der Waals surface area contributed by atoms with Crippen molar-refractivity contribution in [2.24, 2.45) is 5.92 Å². The molecule has 2 heterocycles. The van der Waals surface area contributed by atoms with Gasteiger partial charge in [0, 0.05) is 18.1 Å². The highest BCUT2D eigenvalue weighted by Gasteiger charge is 2.36. The summed E-state index contributed by atoms with van der Waals surface area (Å²) in [5.74, 6) is 1.88. The van der Waals surface area contributed by atoms with Crippen LogP contribution in [0.1, 0.15) is 39.2 Å². The lowest BCUT2D eigenvalue weighted by molar-refractivity contribution is -0.135. The number of esters is 1. The minimum Gasteiger partial charge on any atom is -0.493 e. The number of hydrogen-bond acceptors (Lipinski definition) is 5. The number of carbonyl (C=O) groups excluding carboxylic acids is 2. The molecule has 24 heavy (non-hydrogen) atoms. The summed E-state index contributed by atoms with van der Waals surface area (Å²) in [5.41, 5.74) is 0.271. The second-order valence-corrected chi connectivity index (χ2v) is 6.81. The van der Waals surface area contributed by atoms with E-state index >= 15 is 0 Å². The van der Waals surface area contributed by atoms with E-state index in [4.69, 9.17) is 14.2 Å². The van der Waals surface area contributed by atoms with Gasteiger partial charge in [0.05, 0.1) is 13.0 Å². The van der Waals surface area contributed by atoms with E-state index in [1.807, 2.05) is 19.1 Å². The van der Waals surface area contributed by atoms with Gasteiger partial charge >= 0.3 is 5.97 Å². The quantitative estimate of drug-likeness (QED) is 0.613. The highest BCUT2D eigenvalue weighted by Crippen LogP contribution is 2.32. The second-order valence-electron chi connectivity index (χ2n) is 6.81. The molecule has 2 aliphatic heterocycles. The van der Waals surface area contributed by atoms with Crippen LogP contribution < -0.4 is 9.47 Å². The second kappa shape index (κ2) is 6.30. The van der Waals surface area contributed by atoms with Crippen LogP contribution in [0.25, 0.3) is 0 Å². The molecule has 0 spiro atoms. The number of rotatable bonds is 5. The number of ketones is 1. The molecule has 0 aromatic heterocycles. The summed E-state index contributed by atoms with van der Waals surface area (Å²) in [6, 6.07) is 5.58. The zero-order valence-corrected chi connectivity index (χ0v) is 14.3. The normalized spacial score (nSPS) is 19.9.